The lowest BCUT2D eigenvalue weighted by Crippen LogP contribution is -2.29. The van der Waals surface area contributed by atoms with Gasteiger partial charge in [0.15, 0.2) is 0 Å². The molecular formula is C14H19NO2S. The summed E-state index contributed by atoms with van der Waals surface area (Å²) < 4.78 is 11.6. The van der Waals surface area contributed by atoms with E-state index < -0.39 is 0 Å². The lowest BCUT2D eigenvalue weighted by atomic mass is 10.1. The number of furan rings is 1. The zero-order chi connectivity index (χ0) is 13.0. The maximum atomic E-state index is 6.12. The lowest BCUT2D eigenvalue weighted by molar-refractivity contribution is 0.00835. The molecule has 0 spiro atoms. The fourth-order valence-corrected chi connectivity index (χ4v) is 2.43. The van der Waals surface area contributed by atoms with Gasteiger partial charge in [0.25, 0.3) is 0 Å². The zero-order valence-corrected chi connectivity index (χ0v) is 11.6. The quantitative estimate of drug-likeness (QED) is 0.867. The van der Waals surface area contributed by atoms with Crippen molar-refractivity contribution in [2.45, 2.75) is 39.0 Å². The smallest absolute Gasteiger partial charge is 0.134 e. The summed E-state index contributed by atoms with van der Waals surface area (Å²) in [7, 11) is 0. The first-order chi connectivity index (χ1) is 8.70. The van der Waals surface area contributed by atoms with Gasteiger partial charge < -0.3 is 14.9 Å². The molecule has 18 heavy (non-hydrogen) atoms. The number of hydrogen-bond donors (Lipinski definition) is 1. The van der Waals surface area contributed by atoms with Crippen LogP contribution in [-0.4, -0.2) is 6.04 Å². The summed E-state index contributed by atoms with van der Waals surface area (Å²) >= 11 is 1.69. The summed E-state index contributed by atoms with van der Waals surface area (Å²) in [6, 6.07) is 7.93. The zero-order valence-electron chi connectivity index (χ0n) is 10.8. The second-order valence-corrected chi connectivity index (χ2v) is 5.36. The van der Waals surface area contributed by atoms with E-state index >= 15 is 0 Å². The summed E-state index contributed by atoms with van der Waals surface area (Å²) in [6.45, 7) is 4.56. The molecule has 2 unspecified atom stereocenters. The molecule has 2 aromatic heterocycles. The fraction of sp³-hybridized carbons (Fsp3) is 0.429. The Bertz CT molecular complexity index is 464. The molecule has 0 aliphatic rings. The Morgan fingerprint density at radius 3 is 2.78 bits per heavy atom. The molecule has 4 heteroatoms. The molecule has 2 heterocycles. The Labute approximate surface area is 112 Å². The standard InChI is InChI=1S/C14H19NO2S/c1-3-12(15)14(13-7-6-10(2)17-13)16-9-11-5-4-8-18-11/h4-8,12,14H,3,9,15H2,1-2H3. The van der Waals surface area contributed by atoms with Gasteiger partial charge in [-0.1, -0.05) is 13.0 Å². The summed E-state index contributed by atoms with van der Waals surface area (Å²) in [6.07, 6.45) is 0.681. The maximum Gasteiger partial charge on any atom is 0.134 e. The normalized spacial score (nSPS) is 14.6. The Hall–Kier alpha value is -1.10. The van der Waals surface area contributed by atoms with E-state index in [1.807, 2.05) is 30.5 Å². The van der Waals surface area contributed by atoms with E-state index in [-0.39, 0.29) is 12.1 Å². The minimum atomic E-state index is -0.175. The SMILES string of the molecule is CCC(N)C(OCc1cccs1)c1ccc(C)o1. The van der Waals surface area contributed by atoms with Crippen LogP contribution in [0.15, 0.2) is 34.1 Å². The highest BCUT2D eigenvalue weighted by molar-refractivity contribution is 7.09. The van der Waals surface area contributed by atoms with Gasteiger partial charge in [0.1, 0.15) is 17.6 Å². The van der Waals surface area contributed by atoms with Crippen LogP contribution in [0.5, 0.6) is 0 Å². The van der Waals surface area contributed by atoms with Crippen LogP contribution in [0.25, 0.3) is 0 Å². The van der Waals surface area contributed by atoms with E-state index in [4.69, 9.17) is 14.9 Å². The van der Waals surface area contributed by atoms with Crippen LogP contribution in [0.4, 0.5) is 0 Å². The first-order valence-corrected chi connectivity index (χ1v) is 7.04. The predicted molar refractivity (Wildman–Crippen MR) is 73.6 cm³/mol. The average molecular weight is 265 g/mol. The number of ether oxygens (including phenoxy) is 1. The molecule has 2 aromatic rings. The third-order valence-corrected chi connectivity index (χ3v) is 3.74. The van der Waals surface area contributed by atoms with Crippen molar-refractivity contribution < 1.29 is 9.15 Å². The molecule has 0 radical (unpaired) electrons. The van der Waals surface area contributed by atoms with Crippen molar-refractivity contribution >= 4 is 11.3 Å². The average Bonchev–Trinajstić information content (AvgIpc) is 3.01. The number of aryl methyl sites for hydroxylation is 1. The molecule has 0 bridgehead atoms. The van der Waals surface area contributed by atoms with Crippen LogP contribution < -0.4 is 5.73 Å². The van der Waals surface area contributed by atoms with Crippen molar-refractivity contribution in [2.24, 2.45) is 5.73 Å². The molecule has 0 saturated heterocycles. The summed E-state index contributed by atoms with van der Waals surface area (Å²) in [5.74, 6) is 1.71. The van der Waals surface area contributed by atoms with Gasteiger partial charge in [-0.05, 0) is 36.9 Å². The Morgan fingerprint density at radius 1 is 1.39 bits per heavy atom. The van der Waals surface area contributed by atoms with E-state index in [9.17, 15) is 0 Å². The highest BCUT2D eigenvalue weighted by Crippen LogP contribution is 2.26. The van der Waals surface area contributed by atoms with Gasteiger partial charge in [-0.25, -0.2) is 0 Å². The van der Waals surface area contributed by atoms with Gasteiger partial charge in [-0.2, -0.15) is 0 Å². The first-order valence-electron chi connectivity index (χ1n) is 6.16. The van der Waals surface area contributed by atoms with Gasteiger partial charge >= 0.3 is 0 Å². The van der Waals surface area contributed by atoms with Gasteiger partial charge in [-0.15, -0.1) is 11.3 Å². The summed E-state index contributed by atoms with van der Waals surface area (Å²) in [5.41, 5.74) is 6.12. The Balaban J connectivity index is 2.05. The Kier molecular flexibility index (Phi) is 4.58. The second-order valence-electron chi connectivity index (χ2n) is 4.33. The molecule has 0 aromatic carbocycles. The van der Waals surface area contributed by atoms with Crippen molar-refractivity contribution in [1.29, 1.82) is 0 Å². The molecule has 3 nitrogen and oxygen atoms in total. The van der Waals surface area contributed by atoms with Crippen molar-refractivity contribution in [2.75, 3.05) is 0 Å². The first kappa shape index (κ1) is 13.3. The van der Waals surface area contributed by atoms with E-state index in [0.29, 0.717) is 6.61 Å². The molecule has 2 N–H and O–H groups in total. The molecule has 0 aliphatic heterocycles. The maximum absolute atomic E-state index is 6.12. The molecular weight excluding hydrogens is 246 g/mol. The van der Waals surface area contributed by atoms with Crippen molar-refractivity contribution in [3.8, 4) is 0 Å². The van der Waals surface area contributed by atoms with Crippen molar-refractivity contribution in [3.63, 3.8) is 0 Å². The molecule has 0 saturated carbocycles. The third-order valence-electron chi connectivity index (χ3n) is 2.89. The molecule has 98 valence electrons. The van der Waals surface area contributed by atoms with Crippen molar-refractivity contribution in [3.05, 3.63) is 46.0 Å². The number of nitrogens with two attached hydrogens (primary N) is 1. The highest BCUT2D eigenvalue weighted by Gasteiger charge is 2.22. The van der Waals surface area contributed by atoms with Gasteiger partial charge in [-0.3, -0.25) is 0 Å². The van der Waals surface area contributed by atoms with Gasteiger partial charge in [0, 0.05) is 10.9 Å². The second kappa shape index (κ2) is 6.18. The van der Waals surface area contributed by atoms with E-state index in [1.165, 1.54) is 4.88 Å². The summed E-state index contributed by atoms with van der Waals surface area (Å²) in [4.78, 5) is 1.20. The number of hydrogen-bond acceptors (Lipinski definition) is 4. The van der Waals surface area contributed by atoms with Gasteiger partial charge in [0.05, 0.1) is 6.61 Å². The third kappa shape index (κ3) is 3.22. The minimum Gasteiger partial charge on any atom is -0.464 e. The van der Waals surface area contributed by atoms with Crippen LogP contribution in [0.3, 0.4) is 0 Å². The van der Waals surface area contributed by atoms with Crippen LogP contribution in [0.2, 0.25) is 0 Å². The van der Waals surface area contributed by atoms with E-state index in [1.54, 1.807) is 11.3 Å². The van der Waals surface area contributed by atoms with Crippen LogP contribution in [0, 0.1) is 6.92 Å². The molecule has 0 fully saturated rings. The predicted octanol–water partition coefficient (Wildman–Crippen LogP) is 3.64. The fourth-order valence-electron chi connectivity index (χ4n) is 1.80. The summed E-state index contributed by atoms with van der Waals surface area (Å²) in [5, 5.41) is 2.05. The topological polar surface area (TPSA) is 48.4 Å². The highest BCUT2D eigenvalue weighted by atomic mass is 32.1. The monoisotopic (exact) mass is 265 g/mol. The van der Waals surface area contributed by atoms with Crippen LogP contribution in [-0.2, 0) is 11.3 Å². The van der Waals surface area contributed by atoms with E-state index in [0.717, 1.165) is 17.9 Å². The molecule has 0 amide bonds. The number of thiophene rings is 1. The van der Waals surface area contributed by atoms with Crippen LogP contribution in [0.1, 0.15) is 35.8 Å². The number of rotatable bonds is 6. The molecule has 0 aliphatic carbocycles. The minimum absolute atomic E-state index is 0.0458. The lowest BCUT2D eigenvalue weighted by Gasteiger charge is -2.21. The van der Waals surface area contributed by atoms with Crippen LogP contribution >= 0.6 is 11.3 Å². The largest absolute Gasteiger partial charge is 0.464 e. The van der Waals surface area contributed by atoms with Gasteiger partial charge in [0.2, 0.25) is 0 Å². The van der Waals surface area contributed by atoms with Crippen molar-refractivity contribution in [1.82, 2.24) is 0 Å². The molecule has 2 rings (SSSR count). The molecule has 2 atom stereocenters. The van der Waals surface area contributed by atoms with E-state index in [2.05, 4.69) is 13.0 Å². The Morgan fingerprint density at radius 2 is 2.22 bits per heavy atom.